The van der Waals surface area contributed by atoms with Gasteiger partial charge < -0.3 is 4.90 Å². The van der Waals surface area contributed by atoms with Gasteiger partial charge in [0.2, 0.25) is 0 Å². The fraction of sp³-hybridized carbons (Fsp3) is 0.108. The van der Waals surface area contributed by atoms with Crippen LogP contribution in [0, 0.1) is 0 Å². The van der Waals surface area contributed by atoms with Crippen LogP contribution in [0.2, 0.25) is 0 Å². The van der Waals surface area contributed by atoms with Crippen LogP contribution in [0.1, 0.15) is 26.3 Å². The fourth-order valence-electron chi connectivity index (χ4n) is 5.02. The summed E-state index contributed by atoms with van der Waals surface area (Å²) >= 11 is 0. The Balaban J connectivity index is 1.43. The molecule has 0 saturated carbocycles. The van der Waals surface area contributed by atoms with E-state index in [0.29, 0.717) is 0 Å². The lowest BCUT2D eigenvalue weighted by atomic mass is 9.86. The minimum absolute atomic E-state index is 0.104. The van der Waals surface area contributed by atoms with Crippen LogP contribution in [0.3, 0.4) is 0 Å². The number of aromatic nitrogens is 2. The first-order valence-corrected chi connectivity index (χ1v) is 13.7. The number of anilines is 3. The van der Waals surface area contributed by atoms with Crippen molar-refractivity contribution in [2.45, 2.75) is 26.2 Å². The van der Waals surface area contributed by atoms with Crippen LogP contribution in [0.25, 0.3) is 28.2 Å². The normalized spacial score (nSPS) is 11.4. The minimum atomic E-state index is 0.104. The van der Waals surface area contributed by atoms with Gasteiger partial charge in [-0.15, -0.1) is 0 Å². The molecule has 0 bridgehead atoms. The molecule has 0 atom stereocenters. The molecule has 0 saturated heterocycles. The van der Waals surface area contributed by atoms with Gasteiger partial charge in [-0.05, 0) is 65.6 Å². The van der Waals surface area contributed by atoms with Crippen molar-refractivity contribution >= 4 is 17.1 Å². The highest BCUT2D eigenvalue weighted by Crippen LogP contribution is 2.36. The highest BCUT2D eigenvalue weighted by Gasteiger charge is 2.17. The molecule has 0 spiro atoms. The molecule has 0 aliphatic carbocycles. The lowest BCUT2D eigenvalue weighted by Gasteiger charge is -2.25. The molecule has 0 aliphatic rings. The first-order chi connectivity index (χ1) is 19.5. The molecule has 0 aliphatic heterocycles. The van der Waals surface area contributed by atoms with Crippen molar-refractivity contribution < 1.29 is 0 Å². The van der Waals surface area contributed by atoms with E-state index in [2.05, 4.69) is 158 Å². The van der Waals surface area contributed by atoms with Crippen LogP contribution in [-0.4, -0.2) is 9.78 Å². The van der Waals surface area contributed by atoms with E-state index < -0.39 is 0 Å². The Kier molecular flexibility index (Phi) is 6.79. The molecule has 3 heteroatoms. The summed E-state index contributed by atoms with van der Waals surface area (Å²) in [5.41, 5.74) is 10.0. The summed E-state index contributed by atoms with van der Waals surface area (Å²) in [6.45, 7) is 6.74. The molecule has 6 rings (SSSR count). The van der Waals surface area contributed by atoms with E-state index in [4.69, 9.17) is 5.10 Å². The summed E-state index contributed by atoms with van der Waals surface area (Å²) in [6.07, 6.45) is 0. The zero-order chi connectivity index (χ0) is 27.5. The third-order valence-corrected chi connectivity index (χ3v) is 7.21. The molecule has 0 radical (unpaired) electrons. The molecule has 40 heavy (non-hydrogen) atoms. The number of para-hydroxylation sites is 2. The van der Waals surface area contributed by atoms with Crippen LogP contribution in [0.15, 0.2) is 146 Å². The van der Waals surface area contributed by atoms with Crippen molar-refractivity contribution in [1.82, 2.24) is 9.78 Å². The van der Waals surface area contributed by atoms with Crippen LogP contribution >= 0.6 is 0 Å². The topological polar surface area (TPSA) is 21.1 Å². The Bertz CT molecular complexity index is 1640. The van der Waals surface area contributed by atoms with Crippen molar-refractivity contribution in [3.05, 3.63) is 151 Å². The number of nitrogens with zero attached hydrogens (tertiary/aromatic N) is 3. The first-order valence-electron chi connectivity index (χ1n) is 13.7. The highest BCUT2D eigenvalue weighted by atomic mass is 15.3. The fourth-order valence-corrected chi connectivity index (χ4v) is 5.02. The monoisotopic (exact) mass is 519 g/mol. The Hall–Kier alpha value is -4.89. The number of benzene rings is 5. The quantitative estimate of drug-likeness (QED) is 0.218. The van der Waals surface area contributed by atoms with E-state index in [1.165, 1.54) is 5.56 Å². The van der Waals surface area contributed by atoms with Gasteiger partial charge in [0.05, 0.1) is 17.1 Å². The summed E-state index contributed by atoms with van der Waals surface area (Å²) in [5, 5.41) is 5.09. The summed E-state index contributed by atoms with van der Waals surface area (Å²) in [4.78, 5) is 2.27. The smallest absolute Gasteiger partial charge is 0.0934 e. The van der Waals surface area contributed by atoms with E-state index in [9.17, 15) is 0 Å². The van der Waals surface area contributed by atoms with Gasteiger partial charge in [-0.1, -0.05) is 112 Å². The van der Waals surface area contributed by atoms with Crippen molar-refractivity contribution in [2.75, 3.05) is 4.90 Å². The van der Waals surface area contributed by atoms with Crippen molar-refractivity contribution in [2.24, 2.45) is 0 Å². The zero-order valence-corrected chi connectivity index (χ0v) is 23.2. The zero-order valence-electron chi connectivity index (χ0n) is 23.2. The summed E-state index contributed by atoms with van der Waals surface area (Å²) in [7, 11) is 0. The van der Waals surface area contributed by atoms with E-state index in [-0.39, 0.29) is 5.41 Å². The summed E-state index contributed by atoms with van der Waals surface area (Å²) in [6, 6.07) is 51.1. The maximum absolute atomic E-state index is 5.09. The van der Waals surface area contributed by atoms with Gasteiger partial charge in [-0.3, -0.25) is 0 Å². The van der Waals surface area contributed by atoms with E-state index in [1.54, 1.807) is 0 Å². The molecule has 3 nitrogen and oxygen atoms in total. The third kappa shape index (κ3) is 5.19. The standard InChI is InChI=1S/C37H33N3/c1-37(2,3)30-21-19-29(20-22-30)36-27-35(28-13-7-4-8-14-28)38-40(36)34-25-23-33(24-26-34)39(31-15-9-5-10-16-31)32-17-11-6-12-18-32/h4-27H,1-3H3. The van der Waals surface area contributed by atoms with Gasteiger partial charge in [0.1, 0.15) is 0 Å². The summed E-state index contributed by atoms with van der Waals surface area (Å²) < 4.78 is 2.06. The molecule has 0 amide bonds. The second-order valence-corrected chi connectivity index (χ2v) is 11.0. The molecule has 0 unspecified atom stereocenters. The lowest BCUT2D eigenvalue weighted by molar-refractivity contribution is 0.590. The maximum Gasteiger partial charge on any atom is 0.0934 e. The lowest BCUT2D eigenvalue weighted by Crippen LogP contribution is -2.10. The van der Waals surface area contributed by atoms with Crippen LogP contribution in [0.4, 0.5) is 17.1 Å². The predicted octanol–water partition coefficient (Wildman–Crippen LogP) is 9.97. The highest BCUT2D eigenvalue weighted by molar-refractivity contribution is 5.77. The van der Waals surface area contributed by atoms with Gasteiger partial charge in [0.25, 0.3) is 0 Å². The Morgan fingerprint density at radius 1 is 0.525 bits per heavy atom. The van der Waals surface area contributed by atoms with E-state index in [1.807, 2.05) is 18.2 Å². The van der Waals surface area contributed by atoms with Gasteiger partial charge in [-0.2, -0.15) is 5.10 Å². The Labute approximate surface area is 237 Å². The van der Waals surface area contributed by atoms with Crippen LogP contribution < -0.4 is 4.90 Å². The van der Waals surface area contributed by atoms with Crippen LogP contribution in [-0.2, 0) is 5.41 Å². The predicted molar refractivity (Wildman–Crippen MR) is 168 cm³/mol. The van der Waals surface area contributed by atoms with Gasteiger partial charge in [-0.25, -0.2) is 4.68 Å². The van der Waals surface area contributed by atoms with E-state index >= 15 is 0 Å². The molecule has 1 heterocycles. The van der Waals surface area contributed by atoms with Gasteiger partial charge in [0, 0.05) is 28.2 Å². The maximum atomic E-state index is 5.09. The Morgan fingerprint density at radius 2 is 1.02 bits per heavy atom. The number of hydrogen-bond donors (Lipinski definition) is 0. The first kappa shape index (κ1) is 25.4. The van der Waals surface area contributed by atoms with E-state index in [0.717, 1.165) is 45.3 Å². The molecule has 5 aromatic carbocycles. The third-order valence-electron chi connectivity index (χ3n) is 7.21. The van der Waals surface area contributed by atoms with Crippen LogP contribution in [0.5, 0.6) is 0 Å². The summed E-state index contributed by atoms with van der Waals surface area (Å²) in [5.74, 6) is 0. The molecule has 0 N–H and O–H groups in total. The van der Waals surface area contributed by atoms with Gasteiger partial charge in [0.15, 0.2) is 0 Å². The molecule has 1 aromatic heterocycles. The average molecular weight is 520 g/mol. The second kappa shape index (κ2) is 10.7. The SMILES string of the molecule is CC(C)(C)c1ccc(-c2cc(-c3ccccc3)nn2-c2ccc(N(c3ccccc3)c3ccccc3)cc2)cc1. The average Bonchev–Trinajstić information content (AvgIpc) is 3.45. The minimum Gasteiger partial charge on any atom is -0.311 e. The molecule has 6 aromatic rings. The molecular formula is C37H33N3. The molecule has 0 fully saturated rings. The van der Waals surface area contributed by atoms with Crippen molar-refractivity contribution in [3.63, 3.8) is 0 Å². The Morgan fingerprint density at radius 3 is 1.55 bits per heavy atom. The second-order valence-electron chi connectivity index (χ2n) is 11.0. The van der Waals surface area contributed by atoms with Gasteiger partial charge >= 0.3 is 0 Å². The molecular weight excluding hydrogens is 486 g/mol. The molecule has 196 valence electrons. The number of hydrogen-bond acceptors (Lipinski definition) is 2. The number of rotatable bonds is 6. The van der Waals surface area contributed by atoms with Crippen molar-refractivity contribution in [3.8, 4) is 28.2 Å². The van der Waals surface area contributed by atoms with Crippen molar-refractivity contribution in [1.29, 1.82) is 0 Å². The largest absolute Gasteiger partial charge is 0.311 e.